The number of rotatable bonds is 3. The smallest absolute Gasteiger partial charge is 0.337 e. The number of aliphatic hydroxyl groups excluding tert-OH is 1. The van der Waals surface area contributed by atoms with E-state index < -0.39 is 5.97 Å². The third-order valence-electron chi connectivity index (χ3n) is 2.78. The Bertz CT molecular complexity index is 414. The minimum Gasteiger partial charge on any atom is -0.478 e. The lowest BCUT2D eigenvalue weighted by Gasteiger charge is -2.32. The molecule has 0 radical (unpaired) electrons. The number of pyridine rings is 1. The van der Waals surface area contributed by atoms with Crippen LogP contribution in [-0.4, -0.2) is 33.3 Å². The van der Waals surface area contributed by atoms with Crippen molar-refractivity contribution in [1.82, 2.24) is 4.98 Å². The Morgan fingerprint density at radius 3 is 2.69 bits per heavy atom. The number of hydrogen-bond acceptors (Lipinski definition) is 4. The highest BCUT2D eigenvalue weighted by Crippen LogP contribution is 2.23. The van der Waals surface area contributed by atoms with Gasteiger partial charge in [0.05, 0.1) is 17.4 Å². The van der Waals surface area contributed by atoms with Gasteiger partial charge in [-0.05, 0) is 31.9 Å². The summed E-state index contributed by atoms with van der Waals surface area (Å²) in [4.78, 5) is 14.9. The molecule has 3 N–H and O–H groups in total. The summed E-state index contributed by atoms with van der Waals surface area (Å²) in [6.45, 7) is 1.67. The Hall–Kier alpha value is -1.62. The SMILES string of the molecule is Cc1nc(NC2CC(O)C2)ccc1C(=O)O. The number of carbonyl (C=O) groups is 1. The molecule has 1 fully saturated rings. The largest absolute Gasteiger partial charge is 0.478 e. The molecule has 1 aliphatic carbocycles. The molecule has 0 spiro atoms. The maximum Gasteiger partial charge on any atom is 0.337 e. The first kappa shape index (κ1) is 10.9. The number of carboxylic acid groups (broad SMARTS) is 1. The van der Waals surface area contributed by atoms with E-state index in [-0.39, 0.29) is 17.7 Å². The molecule has 1 heterocycles. The highest BCUT2D eigenvalue weighted by Gasteiger charge is 2.27. The summed E-state index contributed by atoms with van der Waals surface area (Å²) < 4.78 is 0. The topological polar surface area (TPSA) is 82.5 Å². The van der Waals surface area contributed by atoms with Crippen LogP contribution in [0.2, 0.25) is 0 Å². The molecule has 5 heteroatoms. The van der Waals surface area contributed by atoms with Crippen LogP contribution in [-0.2, 0) is 0 Å². The number of nitrogens with zero attached hydrogens (tertiary/aromatic N) is 1. The Labute approximate surface area is 93.1 Å². The van der Waals surface area contributed by atoms with Gasteiger partial charge in [-0.2, -0.15) is 0 Å². The summed E-state index contributed by atoms with van der Waals surface area (Å²) in [7, 11) is 0. The summed E-state index contributed by atoms with van der Waals surface area (Å²) in [5, 5.41) is 21.1. The van der Waals surface area contributed by atoms with Crippen LogP contribution >= 0.6 is 0 Å². The first-order chi connectivity index (χ1) is 7.56. The predicted molar refractivity (Wildman–Crippen MR) is 58.6 cm³/mol. The Balaban J connectivity index is 2.06. The van der Waals surface area contributed by atoms with E-state index in [9.17, 15) is 4.79 Å². The molecule has 1 saturated carbocycles. The number of nitrogens with one attached hydrogen (secondary N) is 1. The third-order valence-corrected chi connectivity index (χ3v) is 2.78. The van der Waals surface area contributed by atoms with Crippen molar-refractivity contribution in [3.05, 3.63) is 23.4 Å². The molecule has 0 saturated heterocycles. The number of hydrogen-bond donors (Lipinski definition) is 3. The molecular formula is C11H14N2O3. The van der Waals surface area contributed by atoms with Crippen molar-refractivity contribution in [3.8, 4) is 0 Å². The van der Waals surface area contributed by atoms with Crippen LogP contribution in [0, 0.1) is 6.92 Å². The molecule has 1 aromatic heterocycles. The maximum atomic E-state index is 10.8. The van der Waals surface area contributed by atoms with Crippen molar-refractivity contribution in [2.75, 3.05) is 5.32 Å². The summed E-state index contributed by atoms with van der Waals surface area (Å²) in [5.41, 5.74) is 0.719. The van der Waals surface area contributed by atoms with E-state index in [1.807, 2.05) is 0 Å². The average Bonchev–Trinajstić information content (AvgIpc) is 2.15. The standard InChI is InChI=1S/C11H14N2O3/c1-6-9(11(15)16)2-3-10(12-6)13-7-4-8(14)5-7/h2-3,7-8,14H,4-5H2,1H3,(H,12,13)(H,15,16). The van der Waals surface area contributed by atoms with Gasteiger partial charge in [0.2, 0.25) is 0 Å². The second kappa shape index (κ2) is 4.09. The Kier molecular flexibility index (Phi) is 2.78. The van der Waals surface area contributed by atoms with Gasteiger partial charge in [0, 0.05) is 6.04 Å². The van der Waals surface area contributed by atoms with Crippen molar-refractivity contribution < 1.29 is 15.0 Å². The van der Waals surface area contributed by atoms with Crippen LogP contribution in [0.3, 0.4) is 0 Å². The molecule has 16 heavy (non-hydrogen) atoms. The number of aromatic carboxylic acids is 1. The van der Waals surface area contributed by atoms with Crippen molar-refractivity contribution in [2.45, 2.75) is 31.9 Å². The second-order valence-electron chi connectivity index (χ2n) is 4.10. The van der Waals surface area contributed by atoms with Gasteiger partial charge in [-0.3, -0.25) is 0 Å². The van der Waals surface area contributed by atoms with Crippen molar-refractivity contribution in [2.24, 2.45) is 0 Å². The van der Waals surface area contributed by atoms with Gasteiger partial charge < -0.3 is 15.5 Å². The molecule has 5 nitrogen and oxygen atoms in total. The van der Waals surface area contributed by atoms with Gasteiger partial charge in [0.15, 0.2) is 0 Å². The number of aryl methyl sites for hydroxylation is 1. The van der Waals surface area contributed by atoms with Crippen LogP contribution in [0.4, 0.5) is 5.82 Å². The molecule has 0 aliphatic heterocycles. The minimum atomic E-state index is -0.962. The number of aliphatic hydroxyl groups is 1. The molecule has 0 amide bonds. The monoisotopic (exact) mass is 222 g/mol. The van der Waals surface area contributed by atoms with Crippen LogP contribution in [0.15, 0.2) is 12.1 Å². The number of carboxylic acids is 1. The molecule has 0 atom stereocenters. The molecule has 1 aliphatic rings. The average molecular weight is 222 g/mol. The van der Waals surface area contributed by atoms with Gasteiger partial charge >= 0.3 is 5.97 Å². The van der Waals surface area contributed by atoms with Crippen LogP contribution in [0.5, 0.6) is 0 Å². The molecule has 0 unspecified atom stereocenters. The highest BCUT2D eigenvalue weighted by molar-refractivity contribution is 5.89. The summed E-state index contributed by atoms with van der Waals surface area (Å²) >= 11 is 0. The summed E-state index contributed by atoms with van der Waals surface area (Å²) in [6.07, 6.45) is 1.24. The zero-order chi connectivity index (χ0) is 11.7. The minimum absolute atomic E-state index is 0.211. The van der Waals surface area contributed by atoms with Crippen LogP contribution in [0.25, 0.3) is 0 Å². The normalized spacial score (nSPS) is 23.6. The van der Waals surface area contributed by atoms with Crippen LogP contribution in [0.1, 0.15) is 28.9 Å². The fraction of sp³-hybridized carbons (Fsp3) is 0.455. The lowest BCUT2D eigenvalue weighted by Crippen LogP contribution is -2.39. The molecular weight excluding hydrogens is 208 g/mol. The van der Waals surface area contributed by atoms with Gasteiger partial charge in [0.1, 0.15) is 5.82 Å². The van der Waals surface area contributed by atoms with E-state index in [2.05, 4.69) is 10.3 Å². The molecule has 2 rings (SSSR count). The van der Waals surface area contributed by atoms with Gasteiger partial charge in [-0.15, -0.1) is 0 Å². The van der Waals surface area contributed by atoms with Crippen molar-refractivity contribution in [1.29, 1.82) is 0 Å². The quantitative estimate of drug-likeness (QED) is 0.711. The number of anilines is 1. The van der Waals surface area contributed by atoms with E-state index in [1.54, 1.807) is 19.1 Å². The van der Waals surface area contributed by atoms with Gasteiger partial charge in [0.25, 0.3) is 0 Å². The van der Waals surface area contributed by atoms with E-state index in [4.69, 9.17) is 10.2 Å². The first-order valence-electron chi connectivity index (χ1n) is 5.22. The zero-order valence-electron chi connectivity index (χ0n) is 8.97. The highest BCUT2D eigenvalue weighted by atomic mass is 16.4. The van der Waals surface area contributed by atoms with Crippen LogP contribution < -0.4 is 5.32 Å². The Morgan fingerprint density at radius 2 is 2.19 bits per heavy atom. The lowest BCUT2D eigenvalue weighted by molar-refractivity contribution is 0.0695. The predicted octanol–water partition coefficient (Wildman–Crippen LogP) is 1.02. The Morgan fingerprint density at radius 1 is 1.50 bits per heavy atom. The van der Waals surface area contributed by atoms with Crippen molar-refractivity contribution in [3.63, 3.8) is 0 Å². The molecule has 1 aromatic rings. The van der Waals surface area contributed by atoms with E-state index in [1.165, 1.54) is 0 Å². The van der Waals surface area contributed by atoms with E-state index >= 15 is 0 Å². The fourth-order valence-corrected chi connectivity index (χ4v) is 1.78. The molecule has 0 bridgehead atoms. The molecule has 0 aromatic carbocycles. The fourth-order valence-electron chi connectivity index (χ4n) is 1.78. The van der Waals surface area contributed by atoms with E-state index in [0.29, 0.717) is 11.5 Å². The number of aromatic nitrogens is 1. The van der Waals surface area contributed by atoms with Gasteiger partial charge in [-0.25, -0.2) is 9.78 Å². The van der Waals surface area contributed by atoms with Gasteiger partial charge in [-0.1, -0.05) is 0 Å². The molecule has 86 valence electrons. The maximum absolute atomic E-state index is 10.8. The third kappa shape index (κ3) is 2.14. The summed E-state index contributed by atoms with van der Waals surface area (Å²) in [5.74, 6) is -0.296. The van der Waals surface area contributed by atoms with E-state index in [0.717, 1.165) is 12.8 Å². The lowest BCUT2D eigenvalue weighted by atomic mass is 9.89. The second-order valence-corrected chi connectivity index (χ2v) is 4.10. The summed E-state index contributed by atoms with van der Waals surface area (Å²) in [6, 6.07) is 3.45. The first-order valence-corrected chi connectivity index (χ1v) is 5.22. The van der Waals surface area contributed by atoms with Crippen molar-refractivity contribution >= 4 is 11.8 Å². The zero-order valence-corrected chi connectivity index (χ0v) is 8.97.